The van der Waals surface area contributed by atoms with Crippen LogP contribution >= 0.6 is 12.4 Å². The molecule has 120 valence electrons. The van der Waals surface area contributed by atoms with Gasteiger partial charge in [-0.1, -0.05) is 0 Å². The fourth-order valence-corrected chi connectivity index (χ4v) is 1.37. The fraction of sp³-hybridized carbons (Fsp3) is 0.417. The molecule has 0 aliphatic rings. The first-order valence-electron chi connectivity index (χ1n) is 5.71. The minimum atomic E-state index is -4.59. The second-order valence-corrected chi connectivity index (χ2v) is 3.91. The highest BCUT2D eigenvalue weighted by Gasteiger charge is 2.31. The van der Waals surface area contributed by atoms with Gasteiger partial charge in [0.2, 0.25) is 5.91 Å². The Labute approximate surface area is 125 Å². The number of carbonyl (C=O) groups excluding carboxylic acids is 1. The van der Waals surface area contributed by atoms with Crippen molar-refractivity contribution in [1.29, 1.82) is 0 Å². The number of nitrogens with one attached hydrogen (secondary N) is 2. The van der Waals surface area contributed by atoms with Gasteiger partial charge in [0.25, 0.3) is 0 Å². The van der Waals surface area contributed by atoms with Gasteiger partial charge in [-0.25, -0.2) is 4.39 Å². The molecule has 0 aliphatic heterocycles. The lowest BCUT2D eigenvalue weighted by Gasteiger charge is -2.11. The lowest BCUT2D eigenvalue weighted by molar-refractivity contribution is -0.137. The molecule has 1 aromatic rings. The van der Waals surface area contributed by atoms with Gasteiger partial charge in [-0.3, -0.25) is 4.79 Å². The largest absolute Gasteiger partial charge is 0.416 e. The molecule has 0 spiro atoms. The minimum Gasteiger partial charge on any atom is -0.383 e. The van der Waals surface area contributed by atoms with Gasteiger partial charge in [0.05, 0.1) is 24.4 Å². The molecule has 4 nitrogen and oxygen atoms in total. The van der Waals surface area contributed by atoms with Gasteiger partial charge in [-0.2, -0.15) is 13.2 Å². The van der Waals surface area contributed by atoms with E-state index in [0.717, 1.165) is 0 Å². The highest BCUT2D eigenvalue weighted by molar-refractivity contribution is 5.92. The average Bonchev–Trinajstić information content (AvgIpc) is 2.36. The van der Waals surface area contributed by atoms with Crippen molar-refractivity contribution in [2.24, 2.45) is 0 Å². The van der Waals surface area contributed by atoms with Crippen molar-refractivity contribution in [3.63, 3.8) is 0 Å². The summed E-state index contributed by atoms with van der Waals surface area (Å²) in [6.45, 7) is 0.624. The van der Waals surface area contributed by atoms with E-state index in [1.807, 2.05) is 0 Å². The Bertz CT molecular complexity index is 469. The number of carbonyl (C=O) groups is 1. The van der Waals surface area contributed by atoms with Crippen molar-refractivity contribution in [2.45, 2.75) is 6.18 Å². The average molecular weight is 331 g/mol. The molecule has 0 radical (unpaired) electrons. The van der Waals surface area contributed by atoms with E-state index in [0.29, 0.717) is 31.4 Å². The van der Waals surface area contributed by atoms with E-state index in [4.69, 9.17) is 4.74 Å². The first kappa shape index (κ1) is 19.6. The zero-order valence-electron chi connectivity index (χ0n) is 11.1. The highest BCUT2D eigenvalue weighted by Crippen LogP contribution is 2.31. The zero-order valence-corrected chi connectivity index (χ0v) is 11.9. The summed E-state index contributed by atoms with van der Waals surface area (Å²) in [5.74, 6) is -1.57. The third-order valence-electron chi connectivity index (χ3n) is 2.34. The van der Waals surface area contributed by atoms with Crippen LogP contribution in [-0.4, -0.2) is 32.7 Å². The Morgan fingerprint density at radius 2 is 2.00 bits per heavy atom. The lowest BCUT2D eigenvalue weighted by Crippen LogP contribution is -2.30. The summed E-state index contributed by atoms with van der Waals surface area (Å²) in [5, 5.41) is 4.77. The van der Waals surface area contributed by atoms with Gasteiger partial charge in [0.15, 0.2) is 0 Å². The third-order valence-corrected chi connectivity index (χ3v) is 2.34. The molecule has 21 heavy (non-hydrogen) atoms. The van der Waals surface area contributed by atoms with Crippen molar-refractivity contribution in [3.8, 4) is 0 Å². The number of benzene rings is 1. The van der Waals surface area contributed by atoms with Crippen molar-refractivity contribution < 1.29 is 27.1 Å². The Balaban J connectivity index is 0.00000400. The topological polar surface area (TPSA) is 50.4 Å². The predicted octanol–water partition coefficient (Wildman–Crippen LogP) is 2.44. The smallest absolute Gasteiger partial charge is 0.383 e. The zero-order chi connectivity index (χ0) is 15.2. The molecule has 1 amide bonds. The molecule has 9 heteroatoms. The van der Waals surface area contributed by atoms with Crippen LogP contribution in [0.1, 0.15) is 5.56 Å². The lowest BCUT2D eigenvalue weighted by atomic mass is 10.2. The van der Waals surface area contributed by atoms with Crippen LogP contribution in [-0.2, 0) is 15.7 Å². The first-order valence-corrected chi connectivity index (χ1v) is 5.71. The van der Waals surface area contributed by atoms with Gasteiger partial charge in [0.1, 0.15) is 5.82 Å². The van der Waals surface area contributed by atoms with E-state index in [2.05, 4.69) is 10.6 Å². The monoisotopic (exact) mass is 330 g/mol. The highest BCUT2D eigenvalue weighted by atomic mass is 35.5. The first-order chi connectivity index (χ1) is 9.34. The van der Waals surface area contributed by atoms with Crippen LogP contribution in [0.25, 0.3) is 0 Å². The summed E-state index contributed by atoms with van der Waals surface area (Å²) in [6, 6.07) is 1.83. The second-order valence-electron chi connectivity index (χ2n) is 3.91. The minimum absolute atomic E-state index is 0. The number of halogens is 5. The Morgan fingerprint density at radius 3 is 2.57 bits per heavy atom. The van der Waals surface area contributed by atoms with Crippen LogP contribution in [0.15, 0.2) is 18.2 Å². The van der Waals surface area contributed by atoms with E-state index in [-0.39, 0.29) is 19.0 Å². The number of hydrogen-bond acceptors (Lipinski definition) is 3. The number of anilines is 1. The van der Waals surface area contributed by atoms with E-state index < -0.39 is 29.2 Å². The Morgan fingerprint density at radius 1 is 1.33 bits per heavy atom. The van der Waals surface area contributed by atoms with Crippen LogP contribution in [0.5, 0.6) is 0 Å². The molecule has 0 fully saturated rings. The molecule has 0 unspecified atom stereocenters. The summed E-state index contributed by atoms with van der Waals surface area (Å²) < 4.78 is 55.5. The van der Waals surface area contributed by atoms with Gasteiger partial charge >= 0.3 is 6.18 Å². The third kappa shape index (κ3) is 6.74. The molecular formula is C12H15ClF4N2O2. The van der Waals surface area contributed by atoms with Crippen molar-refractivity contribution in [2.75, 3.05) is 32.1 Å². The molecule has 0 aliphatic carbocycles. The van der Waals surface area contributed by atoms with Crippen LogP contribution in [0.4, 0.5) is 23.2 Å². The van der Waals surface area contributed by atoms with Crippen LogP contribution in [0.3, 0.4) is 0 Å². The maximum absolute atomic E-state index is 13.3. The van der Waals surface area contributed by atoms with Crippen molar-refractivity contribution in [3.05, 3.63) is 29.6 Å². The standard InChI is InChI=1S/C12H14F4N2O2.ClH/c1-20-5-4-17-7-11(19)18-10-6-8(12(14,15)16)2-3-9(10)13;/h2-3,6,17H,4-5,7H2,1H3,(H,18,19);1H. The number of alkyl halides is 3. The van der Waals surface area contributed by atoms with Crippen LogP contribution in [0, 0.1) is 5.82 Å². The normalized spacial score (nSPS) is 10.9. The van der Waals surface area contributed by atoms with Crippen LogP contribution in [0.2, 0.25) is 0 Å². The quantitative estimate of drug-likeness (QED) is 0.622. The maximum atomic E-state index is 13.3. The molecule has 0 heterocycles. The fourth-order valence-electron chi connectivity index (χ4n) is 1.37. The number of methoxy groups -OCH3 is 1. The van der Waals surface area contributed by atoms with E-state index in [1.54, 1.807) is 0 Å². The predicted molar refractivity (Wildman–Crippen MR) is 72.0 cm³/mol. The summed E-state index contributed by atoms with van der Waals surface area (Å²) in [7, 11) is 1.49. The summed E-state index contributed by atoms with van der Waals surface area (Å²) >= 11 is 0. The molecule has 1 aromatic carbocycles. The molecule has 2 N–H and O–H groups in total. The SMILES string of the molecule is COCCNCC(=O)Nc1cc(C(F)(F)F)ccc1F.Cl. The van der Waals surface area contributed by atoms with E-state index in [1.165, 1.54) is 7.11 Å². The van der Waals surface area contributed by atoms with Crippen molar-refractivity contribution in [1.82, 2.24) is 5.32 Å². The molecular weight excluding hydrogens is 316 g/mol. The Hall–Kier alpha value is -1.38. The number of rotatable bonds is 6. The second kappa shape index (κ2) is 8.81. The summed E-state index contributed by atoms with van der Waals surface area (Å²) in [4.78, 5) is 11.4. The van der Waals surface area contributed by atoms with Crippen molar-refractivity contribution >= 4 is 24.0 Å². The molecule has 1 rings (SSSR count). The number of ether oxygens (including phenoxy) is 1. The summed E-state index contributed by atoms with van der Waals surface area (Å²) in [5.41, 5.74) is -1.53. The van der Waals surface area contributed by atoms with Crippen LogP contribution < -0.4 is 10.6 Å². The van der Waals surface area contributed by atoms with Gasteiger partial charge in [0, 0.05) is 13.7 Å². The number of amides is 1. The number of hydrogen-bond donors (Lipinski definition) is 2. The van der Waals surface area contributed by atoms with Gasteiger partial charge < -0.3 is 15.4 Å². The van der Waals surface area contributed by atoms with Gasteiger partial charge in [-0.15, -0.1) is 12.4 Å². The molecule has 0 aromatic heterocycles. The van der Waals surface area contributed by atoms with Gasteiger partial charge in [-0.05, 0) is 18.2 Å². The maximum Gasteiger partial charge on any atom is 0.416 e. The summed E-state index contributed by atoms with van der Waals surface area (Å²) in [6.07, 6.45) is -4.59. The molecule has 0 saturated carbocycles. The van der Waals surface area contributed by atoms with E-state index in [9.17, 15) is 22.4 Å². The molecule has 0 atom stereocenters. The van der Waals surface area contributed by atoms with E-state index >= 15 is 0 Å². The molecule has 0 bridgehead atoms. The molecule has 0 saturated heterocycles. The Kier molecular flexibility index (Phi) is 8.23.